The van der Waals surface area contributed by atoms with E-state index in [2.05, 4.69) is 4.72 Å². The summed E-state index contributed by atoms with van der Waals surface area (Å²) in [5.41, 5.74) is 1.21. The predicted molar refractivity (Wildman–Crippen MR) is 75.5 cm³/mol. The van der Waals surface area contributed by atoms with Crippen LogP contribution in [0.2, 0.25) is 0 Å². The Labute approximate surface area is 118 Å². The molecule has 0 saturated heterocycles. The van der Waals surface area contributed by atoms with E-state index >= 15 is 0 Å². The maximum atomic E-state index is 12.1. The molecule has 0 bridgehead atoms. The van der Waals surface area contributed by atoms with E-state index in [1.807, 2.05) is 36.1 Å². The molecule has 0 saturated carbocycles. The lowest BCUT2D eigenvalue weighted by molar-refractivity contribution is 0.581. The minimum atomic E-state index is -3.65. The number of benzene rings is 1. The van der Waals surface area contributed by atoms with Crippen molar-refractivity contribution in [3.8, 4) is 6.07 Å². The second-order valence-corrected chi connectivity index (χ2v) is 6.18. The highest BCUT2D eigenvalue weighted by Gasteiger charge is 2.17. The predicted octanol–water partition coefficient (Wildman–Crippen LogP) is 1.42. The zero-order valence-corrected chi connectivity index (χ0v) is 11.9. The van der Waals surface area contributed by atoms with Crippen LogP contribution in [0.1, 0.15) is 11.1 Å². The number of hydrogen-bond acceptors (Lipinski definition) is 3. The molecular formula is C14H15N3O2S. The van der Waals surface area contributed by atoms with Crippen LogP contribution in [0.25, 0.3) is 0 Å². The molecule has 0 atom stereocenters. The number of aromatic nitrogens is 1. The van der Waals surface area contributed by atoms with Crippen LogP contribution in [0.3, 0.4) is 0 Å². The van der Waals surface area contributed by atoms with Gasteiger partial charge in [0.2, 0.25) is 10.0 Å². The molecule has 1 aromatic heterocycles. The minimum absolute atomic E-state index is 0.0237. The van der Waals surface area contributed by atoms with Crippen LogP contribution in [-0.2, 0) is 23.5 Å². The molecule has 0 aliphatic heterocycles. The Morgan fingerprint density at radius 3 is 2.70 bits per heavy atom. The van der Waals surface area contributed by atoms with Crippen LogP contribution in [0, 0.1) is 11.3 Å². The van der Waals surface area contributed by atoms with E-state index in [0.717, 1.165) is 5.56 Å². The van der Waals surface area contributed by atoms with Gasteiger partial charge in [0.15, 0.2) is 0 Å². The van der Waals surface area contributed by atoms with Gasteiger partial charge >= 0.3 is 0 Å². The van der Waals surface area contributed by atoms with Crippen LogP contribution in [0.4, 0.5) is 0 Å². The van der Waals surface area contributed by atoms with Crippen LogP contribution in [0.15, 0.2) is 47.6 Å². The van der Waals surface area contributed by atoms with E-state index in [1.54, 1.807) is 12.1 Å². The van der Waals surface area contributed by atoms with E-state index in [-0.39, 0.29) is 10.5 Å². The van der Waals surface area contributed by atoms with Gasteiger partial charge in [0.05, 0.1) is 10.5 Å². The van der Waals surface area contributed by atoms with Gasteiger partial charge in [-0.3, -0.25) is 0 Å². The van der Waals surface area contributed by atoms with Crippen LogP contribution < -0.4 is 4.72 Å². The Kier molecular flexibility index (Phi) is 4.23. The number of nitrogens with zero attached hydrogens (tertiary/aromatic N) is 2. The molecule has 104 valence electrons. The molecule has 0 spiro atoms. The zero-order valence-electron chi connectivity index (χ0n) is 11.1. The molecule has 6 heteroatoms. The lowest BCUT2D eigenvalue weighted by atomic mass is 10.2. The number of rotatable bonds is 5. The first-order valence-corrected chi connectivity index (χ1v) is 7.61. The quantitative estimate of drug-likeness (QED) is 0.904. The first-order chi connectivity index (χ1) is 9.53. The summed E-state index contributed by atoms with van der Waals surface area (Å²) in [5.74, 6) is 0. The summed E-state index contributed by atoms with van der Waals surface area (Å²) >= 11 is 0. The lowest BCUT2D eigenvalue weighted by Gasteiger charge is -2.07. The molecule has 0 aliphatic carbocycles. The Morgan fingerprint density at radius 1 is 1.30 bits per heavy atom. The first kappa shape index (κ1) is 14.3. The van der Waals surface area contributed by atoms with Gasteiger partial charge in [0.1, 0.15) is 6.07 Å². The van der Waals surface area contributed by atoms with E-state index in [9.17, 15) is 8.42 Å². The van der Waals surface area contributed by atoms with E-state index in [4.69, 9.17) is 5.26 Å². The average Bonchev–Trinajstić information content (AvgIpc) is 2.84. The van der Waals surface area contributed by atoms with Gasteiger partial charge in [0, 0.05) is 26.0 Å². The summed E-state index contributed by atoms with van der Waals surface area (Å²) in [6.07, 6.45) is 4.46. The Morgan fingerprint density at radius 2 is 2.05 bits per heavy atom. The summed E-state index contributed by atoms with van der Waals surface area (Å²) in [6.45, 7) is 0.298. The minimum Gasteiger partial charge on any atom is -0.357 e. The van der Waals surface area contributed by atoms with Crippen molar-refractivity contribution in [3.63, 3.8) is 0 Å². The number of aryl methyl sites for hydroxylation is 1. The van der Waals surface area contributed by atoms with Crippen molar-refractivity contribution in [2.24, 2.45) is 7.05 Å². The fraction of sp³-hybridized carbons (Fsp3) is 0.214. The van der Waals surface area contributed by atoms with Crippen LogP contribution in [-0.4, -0.2) is 19.5 Å². The van der Waals surface area contributed by atoms with Gasteiger partial charge in [-0.25, -0.2) is 13.1 Å². The third-order valence-corrected chi connectivity index (χ3v) is 4.42. The Bertz CT molecular complexity index is 742. The van der Waals surface area contributed by atoms with Gasteiger partial charge in [-0.1, -0.05) is 12.1 Å². The van der Waals surface area contributed by atoms with Crippen molar-refractivity contribution in [2.45, 2.75) is 11.3 Å². The highest BCUT2D eigenvalue weighted by molar-refractivity contribution is 7.89. The van der Waals surface area contributed by atoms with Crippen molar-refractivity contribution >= 4 is 10.0 Å². The number of hydrogen-bond donors (Lipinski definition) is 1. The van der Waals surface area contributed by atoms with Gasteiger partial charge in [-0.05, 0) is 30.2 Å². The fourth-order valence-electron chi connectivity index (χ4n) is 1.91. The molecular weight excluding hydrogens is 274 g/mol. The monoisotopic (exact) mass is 289 g/mol. The summed E-state index contributed by atoms with van der Waals surface area (Å²) < 4.78 is 28.7. The van der Waals surface area contributed by atoms with Crippen LogP contribution >= 0.6 is 0 Å². The van der Waals surface area contributed by atoms with E-state index in [1.165, 1.54) is 12.1 Å². The molecule has 2 aromatic rings. The fourth-order valence-corrected chi connectivity index (χ4v) is 3.10. The average molecular weight is 289 g/mol. The number of nitrogens with one attached hydrogen (secondary N) is 1. The molecule has 2 rings (SSSR count). The Hall–Kier alpha value is -2.10. The van der Waals surface area contributed by atoms with Crippen molar-refractivity contribution in [3.05, 3.63) is 53.9 Å². The Balaban J connectivity index is 2.06. The van der Waals surface area contributed by atoms with Crippen molar-refractivity contribution in [1.29, 1.82) is 5.26 Å². The third kappa shape index (κ3) is 3.26. The molecule has 0 radical (unpaired) electrons. The van der Waals surface area contributed by atoms with Gasteiger partial charge < -0.3 is 4.57 Å². The van der Waals surface area contributed by atoms with Gasteiger partial charge in [-0.15, -0.1) is 0 Å². The summed E-state index contributed by atoms with van der Waals surface area (Å²) in [5, 5.41) is 8.94. The van der Waals surface area contributed by atoms with Gasteiger partial charge in [-0.2, -0.15) is 5.26 Å². The second kappa shape index (κ2) is 5.90. The summed E-state index contributed by atoms with van der Waals surface area (Å²) in [6, 6.07) is 10.0. The van der Waals surface area contributed by atoms with E-state index < -0.39 is 10.0 Å². The molecule has 1 aromatic carbocycles. The lowest BCUT2D eigenvalue weighted by Crippen LogP contribution is -2.26. The topological polar surface area (TPSA) is 74.9 Å². The van der Waals surface area contributed by atoms with Crippen molar-refractivity contribution < 1.29 is 8.42 Å². The molecule has 1 heterocycles. The molecule has 0 fully saturated rings. The maximum absolute atomic E-state index is 12.1. The first-order valence-electron chi connectivity index (χ1n) is 6.12. The largest absolute Gasteiger partial charge is 0.357 e. The smallest absolute Gasteiger partial charge is 0.241 e. The molecule has 20 heavy (non-hydrogen) atoms. The normalized spacial score (nSPS) is 11.2. The zero-order chi connectivity index (χ0) is 14.6. The van der Waals surface area contributed by atoms with Crippen molar-refractivity contribution in [1.82, 2.24) is 9.29 Å². The highest BCUT2D eigenvalue weighted by atomic mass is 32.2. The second-order valence-electron chi connectivity index (χ2n) is 4.44. The summed E-state index contributed by atoms with van der Waals surface area (Å²) in [4.78, 5) is 0.0237. The van der Waals surface area contributed by atoms with Gasteiger partial charge in [0.25, 0.3) is 0 Å². The SMILES string of the molecule is Cn1ccc(CCNS(=O)(=O)c2ccccc2C#N)c1. The number of nitriles is 1. The molecule has 0 amide bonds. The third-order valence-electron chi connectivity index (χ3n) is 2.90. The molecule has 0 aliphatic rings. The summed E-state index contributed by atoms with van der Waals surface area (Å²) in [7, 11) is -1.73. The molecule has 1 N–H and O–H groups in total. The molecule has 0 unspecified atom stereocenters. The van der Waals surface area contributed by atoms with Crippen LogP contribution in [0.5, 0.6) is 0 Å². The molecule has 5 nitrogen and oxygen atoms in total. The van der Waals surface area contributed by atoms with Crippen molar-refractivity contribution in [2.75, 3.05) is 6.54 Å². The highest BCUT2D eigenvalue weighted by Crippen LogP contribution is 2.14. The number of sulfonamides is 1. The van der Waals surface area contributed by atoms with E-state index in [0.29, 0.717) is 13.0 Å². The maximum Gasteiger partial charge on any atom is 0.241 e. The standard InChI is InChI=1S/C14H15N3O2S/c1-17-9-7-12(11-17)6-8-16-20(18,19)14-5-3-2-4-13(14)10-15/h2-5,7,9,11,16H,6,8H2,1H3.